The molecule has 1 aliphatic carbocycles. The molecule has 0 spiro atoms. The van der Waals surface area contributed by atoms with Gasteiger partial charge in [-0.1, -0.05) is 54.8 Å². The van der Waals surface area contributed by atoms with E-state index in [1.807, 2.05) is 43.3 Å². The largest absolute Gasteiger partial charge is 0.490 e. The summed E-state index contributed by atoms with van der Waals surface area (Å²) in [5.41, 5.74) is 14.4. The van der Waals surface area contributed by atoms with Crippen molar-refractivity contribution in [2.45, 2.75) is 63.5 Å². The van der Waals surface area contributed by atoms with E-state index in [1.54, 1.807) is 11.9 Å². The number of rotatable bonds is 7. The molecule has 0 aliphatic heterocycles. The van der Waals surface area contributed by atoms with E-state index in [4.69, 9.17) is 36.3 Å². The van der Waals surface area contributed by atoms with E-state index in [-0.39, 0.29) is 29.8 Å². The number of aromatic nitrogens is 2. The summed E-state index contributed by atoms with van der Waals surface area (Å²) in [7, 11) is 1.79. The standard InChI is InChI=1S/C26H33N7O.2C2HF3O2/c1-17-12-13-20-19(16-17)23(30-21-10-6-7-11-22(21)31-26(27)28)32-24(29-20)25(34)33(2)15-14-18-8-4-3-5-9-18;2*3-2(4,5)1(6)7/h3-5,8-9,12-13,16,21-22H,6-7,10-11,14-15H2,1-2H3,(H4,27,28,31)(H,29,30,32);2*(H,6,7). The minimum absolute atomic E-state index is 0.0266. The number of guanidine groups is 1. The molecule has 1 amide bonds. The molecule has 48 heavy (non-hydrogen) atoms. The highest BCUT2D eigenvalue weighted by Gasteiger charge is 2.39. The molecule has 1 aromatic heterocycles. The van der Waals surface area contributed by atoms with Gasteiger partial charge in [0.05, 0.1) is 17.6 Å². The van der Waals surface area contributed by atoms with Crippen LogP contribution >= 0.6 is 0 Å². The summed E-state index contributed by atoms with van der Waals surface area (Å²) in [6.07, 6.45) is -5.39. The molecule has 2 unspecified atom stereocenters. The molecular formula is C30H35F6N7O5. The Bertz CT molecular complexity index is 1560. The van der Waals surface area contributed by atoms with Crippen LogP contribution in [0.2, 0.25) is 0 Å². The SMILES string of the molecule is Cc1ccc2nc(C(=O)N(C)CCc3ccccc3)nc(NC3CCCCC3N=C(N)N)c2c1.O=C(O)C(F)(F)F.O=C(O)C(F)(F)F. The average molecular weight is 688 g/mol. The number of nitrogens with one attached hydrogen (secondary N) is 1. The summed E-state index contributed by atoms with van der Waals surface area (Å²) in [5.74, 6) is -4.79. The lowest BCUT2D eigenvalue weighted by molar-refractivity contribution is -0.193. The van der Waals surface area contributed by atoms with E-state index in [9.17, 15) is 31.1 Å². The van der Waals surface area contributed by atoms with Gasteiger partial charge >= 0.3 is 24.3 Å². The Morgan fingerprint density at radius 2 is 1.50 bits per heavy atom. The Kier molecular flexibility index (Phi) is 13.9. The quantitative estimate of drug-likeness (QED) is 0.134. The van der Waals surface area contributed by atoms with Crippen LogP contribution in [0.25, 0.3) is 10.9 Å². The lowest BCUT2D eigenvalue weighted by Crippen LogP contribution is -2.38. The number of alkyl halides is 6. The van der Waals surface area contributed by atoms with Crippen molar-refractivity contribution in [1.82, 2.24) is 14.9 Å². The lowest BCUT2D eigenvalue weighted by atomic mass is 9.90. The van der Waals surface area contributed by atoms with Crippen LogP contribution in [0.5, 0.6) is 0 Å². The lowest BCUT2D eigenvalue weighted by Gasteiger charge is -2.30. The van der Waals surface area contributed by atoms with Crippen molar-refractivity contribution in [3.8, 4) is 0 Å². The van der Waals surface area contributed by atoms with Crippen LogP contribution in [0, 0.1) is 6.92 Å². The summed E-state index contributed by atoms with van der Waals surface area (Å²) in [5, 5.41) is 18.7. The van der Waals surface area contributed by atoms with Gasteiger partial charge in [-0.15, -0.1) is 0 Å². The third kappa shape index (κ3) is 12.6. The molecule has 4 rings (SSSR count). The second-order valence-electron chi connectivity index (χ2n) is 10.6. The number of aryl methyl sites for hydroxylation is 1. The van der Waals surface area contributed by atoms with E-state index in [0.29, 0.717) is 12.4 Å². The molecule has 1 saturated carbocycles. The highest BCUT2D eigenvalue weighted by Crippen LogP contribution is 2.28. The van der Waals surface area contributed by atoms with Crippen LogP contribution in [0.1, 0.15) is 47.4 Å². The predicted molar refractivity (Wildman–Crippen MR) is 164 cm³/mol. The fourth-order valence-corrected chi connectivity index (χ4v) is 4.46. The first-order valence-corrected chi connectivity index (χ1v) is 14.3. The number of hydrogen-bond donors (Lipinski definition) is 5. The number of fused-ring (bicyclic) bond motifs is 1. The van der Waals surface area contributed by atoms with Crippen molar-refractivity contribution < 1.29 is 50.9 Å². The summed E-state index contributed by atoms with van der Waals surface area (Å²) in [4.78, 5) is 46.5. The highest BCUT2D eigenvalue weighted by molar-refractivity contribution is 5.96. The molecule has 0 bridgehead atoms. The number of amides is 1. The number of halogens is 6. The smallest absolute Gasteiger partial charge is 0.475 e. The molecule has 3 aromatic rings. The van der Waals surface area contributed by atoms with E-state index in [1.165, 1.54) is 5.56 Å². The molecule has 1 fully saturated rings. The van der Waals surface area contributed by atoms with Gasteiger partial charge in [-0.05, 0) is 43.9 Å². The summed E-state index contributed by atoms with van der Waals surface area (Å²) >= 11 is 0. The molecular weight excluding hydrogens is 652 g/mol. The highest BCUT2D eigenvalue weighted by atomic mass is 19.4. The van der Waals surface area contributed by atoms with Crippen molar-refractivity contribution >= 4 is 40.5 Å². The monoisotopic (exact) mass is 687 g/mol. The Hall–Kier alpha value is -5.16. The van der Waals surface area contributed by atoms with Gasteiger partial charge in [-0.25, -0.2) is 24.5 Å². The van der Waals surface area contributed by atoms with Gasteiger partial charge in [0.2, 0.25) is 5.82 Å². The Labute approximate surface area is 270 Å². The van der Waals surface area contributed by atoms with Crippen molar-refractivity contribution in [2.24, 2.45) is 16.5 Å². The fraction of sp³-hybridized carbons (Fsp3) is 0.400. The van der Waals surface area contributed by atoms with Crippen LogP contribution in [0.15, 0.2) is 53.5 Å². The van der Waals surface area contributed by atoms with Crippen LogP contribution in [-0.2, 0) is 16.0 Å². The van der Waals surface area contributed by atoms with E-state index < -0.39 is 24.3 Å². The van der Waals surface area contributed by atoms with Gasteiger partial charge in [0.25, 0.3) is 5.91 Å². The van der Waals surface area contributed by atoms with E-state index in [2.05, 4.69) is 27.4 Å². The number of anilines is 1. The molecule has 0 saturated heterocycles. The van der Waals surface area contributed by atoms with Crippen LogP contribution in [0.3, 0.4) is 0 Å². The molecule has 7 N–H and O–H groups in total. The minimum atomic E-state index is -5.08. The molecule has 1 heterocycles. The van der Waals surface area contributed by atoms with E-state index in [0.717, 1.165) is 48.6 Å². The Morgan fingerprint density at radius 1 is 0.938 bits per heavy atom. The molecule has 0 radical (unpaired) electrons. The number of benzene rings is 2. The summed E-state index contributed by atoms with van der Waals surface area (Å²) in [6, 6.07) is 16.1. The number of nitrogens with zero attached hydrogens (tertiary/aromatic N) is 4. The average Bonchev–Trinajstić information content (AvgIpc) is 3.00. The topological polar surface area (TPSA) is 197 Å². The number of carbonyl (C=O) groups excluding carboxylic acids is 1. The van der Waals surface area contributed by atoms with Crippen molar-refractivity contribution in [2.75, 3.05) is 18.9 Å². The van der Waals surface area contributed by atoms with Crippen LogP contribution < -0.4 is 16.8 Å². The third-order valence-electron chi connectivity index (χ3n) is 6.82. The van der Waals surface area contributed by atoms with Crippen LogP contribution in [-0.4, -0.2) is 86.9 Å². The number of carbonyl (C=O) groups is 3. The molecule has 2 aromatic carbocycles. The summed E-state index contributed by atoms with van der Waals surface area (Å²) < 4.78 is 63.5. The van der Waals surface area contributed by atoms with Crippen molar-refractivity contribution in [1.29, 1.82) is 0 Å². The van der Waals surface area contributed by atoms with Gasteiger partial charge in [0.15, 0.2) is 5.96 Å². The van der Waals surface area contributed by atoms with Gasteiger partial charge < -0.3 is 31.9 Å². The van der Waals surface area contributed by atoms with Gasteiger partial charge in [0.1, 0.15) is 5.82 Å². The maximum atomic E-state index is 13.2. The molecule has 12 nitrogen and oxygen atoms in total. The number of carboxylic acid groups (broad SMARTS) is 2. The Morgan fingerprint density at radius 3 is 2.04 bits per heavy atom. The number of nitrogens with two attached hydrogens (primary N) is 2. The normalized spacial score (nSPS) is 15.9. The van der Waals surface area contributed by atoms with Gasteiger partial charge in [-0.3, -0.25) is 4.79 Å². The number of aliphatic imine (C=N–C) groups is 1. The molecule has 2 atom stereocenters. The molecule has 1 aliphatic rings. The zero-order valence-corrected chi connectivity index (χ0v) is 25.8. The second-order valence-corrected chi connectivity index (χ2v) is 10.6. The minimum Gasteiger partial charge on any atom is -0.475 e. The summed E-state index contributed by atoms with van der Waals surface area (Å²) in [6.45, 7) is 2.61. The number of hydrogen-bond acceptors (Lipinski definition) is 7. The number of carboxylic acids is 2. The van der Waals surface area contributed by atoms with Gasteiger partial charge in [-0.2, -0.15) is 26.3 Å². The van der Waals surface area contributed by atoms with Crippen molar-refractivity contribution in [3.05, 3.63) is 65.5 Å². The molecule has 18 heteroatoms. The maximum Gasteiger partial charge on any atom is 0.490 e. The number of aliphatic carboxylic acids is 2. The zero-order chi connectivity index (χ0) is 36.2. The van der Waals surface area contributed by atoms with E-state index >= 15 is 0 Å². The first kappa shape index (κ1) is 39.0. The predicted octanol–water partition coefficient (Wildman–Crippen LogP) is 4.52. The Balaban J connectivity index is 0.000000479. The van der Waals surface area contributed by atoms with Gasteiger partial charge in [0, 0.05) is 19.0 Å². The fourth-order valence-electron chi connectivity index (χ4n) is 4.46. The first-order valence-electron chi connectivity index (χ1n) is 14.3. The number of likely N-dealkylation sites (N-methyl/N-ethyl adjacent to an activating group) is 1. The zero-order valence-electron chi connectivity index (χ0n) is 25.8. The second kappa shape index (κ2) is 17.1. The maximum absolute atomic E-state index is 13.2. The first-order chi connectivity index (χ1) is 22.3. The molecule has 262 valence electrons. The third-order valence-corrected chi connectivity index (χ3v) is 6.82. The van der Waals surface area contributed by atoms with Crippen molar-refractivity contribution in [3.63, 3.8) is 0 Å². The van der Waals surface area contributed by atoms with Crippen LogP contribution in [0.4, 0.5) is 32.2 Å².